The molecule has 0 radical (unpaired) electrons. The number of nitrogens with zero attached hydrogens (tertiary/aromatic N) is 4. The minimum Gasteiger partial charge on any atom is -0.495 e. The van der Waals surface area contributed by atoms with Gasteiger partial charge in [-0.3, -0.25) is 19.8 Å². The number of aromatic nitrogens is 2. The average Bonchev–Trinajstić information content (AvgIpc) is 3.59. The van der Waals surface area contributed by atoms with E-state index in [0.29, 0.717) is 43.3 Å². The predicted molar refractivity (Wildman–Crippen MR) is 125 cm³/mol. The number of allylic oxidation sites excluding steroid dienone is 4. The number of methoxy groups -OCH3 is 1. The van der Waals surface area contributed by atoms with E-state index in [-0.39, 0.29) is 11.7 Å². The van der Waals surface area contributed by atoms with Crippen LogP contribution in [-0.2, 0) is 0 Å². The molecular weight excluding hydrogens is 419 g/mol. The van der Waals surface area contributed by atoms with Crippen LogP contribution in [0.25, 0.3) is 11.1 Å². The Kier molecular flexibility index (Phi) is 5.86. The molecule has 0 atom stereocenters. The van der Waals surface area contributed by atoms with E-state index in [9.17, 15) is 9.18 Å². The van der Waals surface area contributed by atoms with Crippen LogP contribution in [0.1, 0.15) is 36.2 Å². The molecule has 3 aliphatic rings. The van der Waals surface area contributed by atoms with Crippen LogP contribution >= 0.6 is 0 Å². The number of carbonyl (C=O) groups excluding carboxylic acids is 1. The van der Waals surface area contributed by atoms with Gasteiger partial charge in [0, 0.05) is 54.8 Å². The summed E-state index contributed by atoms with van der Waals surface area (Å²) in [5, 5.41) is 0. The van der Waals surface area contributed by atoms with Crippen LogP contribution in [0.3, 0.4) is 0 Å². The van der Waals surface area contributed by atoms with Gasteiger partial charge in [0.15, 0.2) is 0 Å². The number of aliphatic imine (C=N–C) groups is 1. The number of halogens is 1. The van der Waals surface area contributed by atoms with E-state index in [1.54, 1.807) is 31.8 Å². The molecule has 1 saturated carbocycles. The lowest BCUT2D eigenvalue weighted by atomic mass is 9.95. The maximum Gasteiger partial charge on any atom is 0.273 e. The van der Waals surface area contributed by atoms with Crippen LogP contribution in [0.15, 0.2) is 77.1 Å². The van der Waals surface area contributed by atoms with Crippen LogP contribution in [-0.4, -0.2) is 46.7 Å². The monoisotopic (exact) mass is 444 g/mol. The van der Waals surface area contributed by atoms with E-state index in [1.165, 1.54) is 6.08 Å². The van der Waals surface area contributed by atoms with Crippen molar-refractivity contribution in [3.05, 3.63) is 77.8 Å². The topological polar surface area (TPSA) is 67.7 Å². The van der Waals surface area contributed by atoms with E-state index >= 15 is 0 Å². The van der Waals surface area contributed by atoms with E-state index in [1.807, 2.05) is 29.3 Å². The molecule has 5 rings (SSSR count). The largest absolute Gasteiger partial charge is 0.495 e. The Morgan fingerprint density at radius 1 is 1.30 bits per heavy atom. The highest BCUT2D eigenvalue weighted by Gasteiger charge is 2.30. The van der Waals surface area contributed by atoms with Crippen LogP contribution in [0.5, 0.6) is 5.75 Å². The summed E-state index contributed by atoms with van der Waals surface area (Å²) < 4.78 is 19.1. The first-order valence-electron chi connectivity index (χ1n) is 11.2. The molecule has 0 bridgehead atoms. The Morgan fingerprint density at radius 2 is 2.18 bits per heavy atom. The van der Waals surface area contributed by atoms with Gasteiger partial charge in [0.1, 0.15) is 17.3 Å². The summed E-state index contributed by atoms with van der Waals surface area (Å²) in [6.45, 7) is 1.22. The molecule has 6 nitrogen and oxygen atoms in total. The van der Waals surface area contributed by atoms with Gasteiger partial charge in [-0.05, 0) is 55.0 Å². The summed E-state index contributed by atoms with van der Waals surface area (Å²) in [5.74, 6) is 0.810. The van der Waals surface area contributed by atoms with Gasteiger partial charge < -0.3 is 9.64 Å². The molecule has 2 aliphatic carbocycles. The van der Waals surface area contributed by atoms with E-state index in [0.717, 1.165) is 40.8 Å². The smallest absolute Gasteiger partial charge is 0.273 e. The Morgan fingerprint density at radius 3 is 3.00 bits per heavy atom. The van der Waals surface area contributed by atoms with E-state index < -0.39 is 0 Å². The van der Waals surface area contributed by atoms with Crippen LogP contribution in [0, 0.1) is 5.92 Å². The second-order valence-electron chi connectivity index (χ2n) is 8.54. The van der Waals surface area contributed by atoms with Gasteiger partial charge in [-0.2, -0.15) is 0 Å². The molecule has 33 heavy (non-hydrogen) atoms. The van der Waals surface area contributed by atoms with Crippen molar-refractivity contribution in [3.8, 4) is 16.9 Å². The molecule has 0 N–H and O–H groups in total. The zero-order valence-electron chi connectivity index (χ0n) is 18.5. The number of hydrogen-bond acceptors (Lipinski definition) is 5. The fraction of sp³-hybridized carbons (Fsp3) is 0.308. The standard InChI is InChI=1S/C26H25FN4O2/c1-33-21-11-19(13-28-15-21)22-3-2-9-29-25(22)26(32)31(16-17-4-5-17)10-8-18-14-30-24-7-6-20(27)12-23(18)24/h2-3,6,9,11-15,17H,4-5,7-8,10,16H2,1H3. The molecule has 3 heterocycles. The molecule has 1 amide bonds. The maximum absolute atomic E-state index is 13.8. The number of carbonyl (C=O) groups is 1. The molecule has 2 aromatic rings. The van der Waals surface area contributed by atoms with E-state index in [2.05, 4.69) is 15.0 Å². The zero-order chi connectivity index (χ0) is 22.8. The fourth-order valence-corrected chi connectivity index (χ4v) is 4.19. The summed E-state index contributed by atoms with van der Waals surface area (Å²) in [6, 6.07) is 5.55. The van der Waals surface area contributed by atoms with Crippen molar-refractivity contribution in [2.24, 2.45) is 10.9 Å². The van der Waals surface area contributed by atoms with Crippen molar-refractivity contribution in [3.63, 3.8) is 0 Å². The third-order valence-electron chi connectivity index (χ3n) is 6.19. The van der Waals surface area contributed by atoms with Gasteiger partial charge in [0.2, 0.25) is 0 Å². The number of rotatable bonds is 8. The number of ether oxygens (including phenoxy) is 1. The van der Waals surface area contributed by atoms with Crippen molar-refractivity contribution < 1.29 is 13.9 Å². The molecule has 1 fully saturated rings. The summed E-state index contributed by atoms with van der Waals surface area (Å²) in [5.41, 5.74) is 4.63. The Bertz CT molecular complexity index is 1210. The quantitative estimate of drug-likeness (QED) is 0.580. The predicted octanol–water partition coefficient (Wildman–Crippen LogP) is 4.92. The molecule has 168 valence electrons. The second-order valence-corrected chi connectivity index (χ2v) is 8.54. The lowest BCUT2D eigenvalue weighted by Gasteiger charge is -2.24. The minimum atomic E-state index is -0.229. The second kappa shape index (κ2) is 9.10. The SMILES string of the molecule is COc1cncc(-c2cccnc2C(=O)N(CCC2=CN=C3CC=C(F)C=C23)CC2CC2)c1. The first kappa shape index (κ1) is 21.2. The molecule has 0 saturated heterocycles. The summed E-state index contributed by atoms with van der Waals surface area (Å²) in [6.07, 6.45) is 13.3. The van der Waals surface area contributed by atoms with Gasteiger partial charge in [0.25, 0.3) is 5.91 Å². The highest BCUT2D eigenvalue weighted by atomic mass is 19.1. The molecule has 7 heteroatoms. The highest BCUT2D eigenvalue weighted by molar-refractivity contribution is 6.08. The first-order chi connectivity index (χ1) is 16.1. The Labute approximate surface area is 192 Å². The van der Waals surface area contributed by atoms with Crippen LogP contribution in [0.4, 0.5) is 4.39 Å². The third kappa shape index (κ3) is 4.62. The number of fused-ring (bicyclic) bond motifs is 1. The molecule has 0 aromatic carbocycles. The maximum atomic E-state index is 13.8. The van der Waals surface area contributed by atoms with Crippen molar-refractivity contribution in [1.82, 2.24) is 14.9 Å². The average molecular weight is 445 g/mol. The molecule has 0 spiro atoms. The number of hydrogen-bond donors (Lipinski definition) is 0. The molecule has 2 aromatic heterocycles. The first-order valence-corrected chi connectivity index (χ1v) is 11.2. The van der Waals surface area contributed by atoms with Crippen LogP contribution < -0.4 is 4.74 Å². The lowest BCUT2D eigenvalue weighted by molar-refractivity contribution is 0.0744. The highest BCUT2D eigenvalue weighted by Crippen LogP contribution is 2.33. The Balaban J connectivity index is 1.38. The summed E-state index contributed by atoms with van der Waals surface area (Å²) in [7, 11) is 1.59. The van der Waals surface area contributed by atoms with Crippen molar-refractivity contribution in [2.75, 3.05) is 20.2 Å². The number of amides is 1. The third-order valence-corrected chi connectivity index (χ3v) is 6.19. The molecule has 1 aliphatic heterocycles. The van der Waals surface area contributed by atoms with Gasteiger partial charge in [-0.25, -0.2) is 4.39 Å². The normalized spacial score (nSPS) is 16.9. The fourth-order valence-electron chi connectivity index (χ4n) is 4.19. The van der Waals surface area contributed by atoms with Gasteiger partial charge in [-0.1, -0.05) is 6.07 Å². The van der Waals surface area contributed by atoms with Crippen molar-refractivity contribution in [2.45, 2.75) is 25.7 Å². The summed E-state index contributed by atoms with van der Waals surface area (Å²) in [4.78, 5) is 28.7. The summed E-state index contributed by atoms with van der Waals surface area (Å²) >= 11 is 0. The molecule has 0 unspecified atom stereocenters. The van der Waals surface area contributed by atoms with Crippen molar-refractivity contribution >= 4 is 11.6 Å². The lowest BCUT2D eigenvalue weighted by Crippen LogP contribution is -2.35. The minimum absolute atomic E-state index is 0.108. The number of pyridine rings is 2. The van der Waals surface area contributed by atoms with E-state index in [4.69, 9.17) is 4.74 Å². The zero-order valence-corrected chi connectivity index (χ0v) is 18.5. The van der Waals surface area contributed by atoms with Gasteiger partial charge >= 0.3 is 0 Å². The van der Waals surface area contributed by atoms with Gasteiger partial charge in [0.05, 0.1) is 19.0 Å². The molecular formula is C26H25FN4O2. The van der Waals surface area contributed by atoms with Crippen LogP contribution in [0.2, 0.25) is 0 Å². The van der Waals surface area contributed by atoms with Gasteiger partial charge in [-0.15, -0.1) is 0 Å². The Hall–Kier alpha value is -3.61. The van der Waals surface area contributed by atoms with Crippen molar-refractivity contribution in [1.29, 1.82) is 0 Å².